The second kappa shape index (κ2) is 9.27. The third kappa shape index (κ3) is 5.27. The van der Waals surface area contributed by atoms with E-state index in [4.69, 9.17) is 4.74 Å². The molecule has 0 aliphatic carbocycles. The van der Waals surface area contributed by atoms with E-state index in [0.29, 0.717) is 10.4 Å². The highest BCUT2D eigenvalue weighted by Gasteiger charge is 2.42. The zero-order chi connectivity index (χ0) is 24.3. The third-order valence-electron chi connectivity index (χ3n) is 4.75. The molecule has 0 spiro atoms. The minimum atomic E-state index is -5.02. The Balaban J connectivity index is 1.74. The van der Waals surface area contributed by atoms with E-state index >= 15 is 0 Å². The fraction of sp³-hybridized carbons (Fsp3) is 0.238. The van der Waals surface area contributed by atoms with Crippen molar-refractivity contribution in [2.75, 3.05) is 0 Å². The van der Waals surface area contributed by atoms with Crippen LogP contribution in [0, 0.1) is 19.7 Å². The van der Waals surface area contributed by atoms with E-state index in [-0.39, 0.29) is 5.69 Å². The molecule has 0 saturated heterocycles. The van der Waals surface area contributed by atoms with Crippen molar-refractivity contribution in [1.82, 2.24) is 25.8 Å². The predicted octanol–water partition coefficient (Wildman–Crippen LogP) is 3.27. The summed E-state index contributed by atoms with van der Waals surface area (Å²) in [5, 5.41) is 6.66. The van der Waals surface area contributed by atoms with Gasteiger partial charge in [0.1, 0.15) is 11.6 Å². The minimum absolute atomic E-state index is 0.158. The molecule has 3 rings (SSSR count). The number of carbonyl (C=O) groups is 2. The lowest BCUT2D eigenvalue weighted by atomic mass is 10.1. The lowest BCUT2D eigenvalue weighted by Crippen LogP contribution is -2.47. The van der Waals surface area contributed by atoms with E-state index in [1.165, 1.54) is 6.92 Å². The Bertz CT molecular complexity index is 1180. The number of hydrogen-bond acceptors (Lipinski definition) is 5. The fourth-order valence-electron chi connectivity index (χ4n) is 2.83. The largest absolute Gasteiger partial charge is 0.481 e. The summed E-state index contributed by atoms with van der Waals surface area (Å²) in [7, 11) is 0. The summed E-state index contributed by atoms with van der Waals surface area (Å²) in [6, 6.07) is 9.25. The molecule has 2 amide bonds. The number of carbonyl (C=O) groups excluding carboxylic acids is 2. The number of hydrazine groups is 1. The van der Waals surface area contributed by atoms with Crippen LogP contribution in [0.5, 0.6) is 5.75 Å². The van der Waals surface area contributed by atoms with E-state index in [9.17, 15) is 27.2 Å². The van der Waals surface area contributed by atoms with Gasteiger partial charge in [0.05, 0.1) is 5.69 Å². The zero-order valence-electron chi connectivity index (χ0n) is 17.7. The second-order valence-electron chi connectivity index (χ2n) is 7.07. The maximum Gasteiger partial charge on any atom is 0.435 e. The molecule has 0 fully saturated rings. The summed E-state index contributed by atoms with van der Waals surface area (Å²) < 4.78 is 60.0. The van der Waals surface area contributed by atoms with Gasteiger partial charge in [-0.3, -0.25) is 20.4 Å². The summed E-state index contributed by atoms with van der Waals surface area (Å²) in [4.78, 5) is 24.6. The predicted molar refractivity (Wildman–Crippen MR) is 108 cm³/mol. The molecule has 0 radical (unpaired) electrons. The molecule has 0 aliphatic rings. The van der Waals surface area contributed by atoms with Gasteiger partial charge < -0.3 is 4.74 Å². The number of ether oxygens (including phenoxy) is 1. The van der Waals surface area contributed by atoms with Crippen LogP contribution in [-0.2, 0) is 11.0 Å². The molecule has 3 aromatic rings. The number of benzene rings is 2. The van der Waals surface area contributed by atoms with Crippen molar-refractivity contribution >= 4 is 11.8 Å². The number of nitrogens with zero attached hydrogens (tertiary/aromatic N) is 3. The topological polar surface area (TPSA) is 98.1 Å². The first-order valence-corrected chi connectivity index (χ1v) is 9.61. The Morgan fingerprint density at radius 1 is 1.06 bits per heavy atom. The third-order valence-corrected chi connectivity index (χ3v) is 4.75. The number of hydrogen-bond donors (Lipinski definition) is 2. The Hall–Kier alpha value is -3.96. The minimum Gasteiger partial charge on any atom is -0.481 e. The van der Waals surface area contributed by atoms with Gasteiger partial charge in [0.2, 0.25) is 0 Å². The van der Waals surface area contributed by atoms with Crippen LogP contribution in [0.15, 0.2) is 42.5 Å². The quantitative estimate of drug-likeness (QED) is 0.445. The van der Waals surface area contributed by atoms with Crippen LogP contribution in [0.4, 0.5) is 17.6 Å². The highest BCUT2D eigenvalue weighted by Crippen LogP contribution is 2.32. The molecule has 1 aromatic heterocycles. The van der Waals surface area contributed by atoms with Crippen LogP contribution in [0.1, 0.15) is 34.2 Å². The lowest BCUT2D eigenvalue weighted by Gasteiger charge is -2.17. The summed E-state index contributed by atoms with van der Waals surface area (Å²) >= 11 is 0. The molecule has 8 nitrogen and oxygen atoms in total. The second-order valence-corrected chi connectivity index (χ2v) is 7.07. The van der Waals surface area contributed by atoms with E-state index in [1.807, 2.05) is 23.8 Å². The van der Waals surface area contributed by atoms with E-state index in [2.05, 4.69) is 10.3 Å². The van der Waals surface area contributed by atoms with E-state index in [1.54, 1.807) is 19.1 Å². The number of nitrogens with one attached hydrogen (secondary N) is 2. The number of rotatable bonds is 5. The Morgan fingerprint density at radius 3 is 2.36 bits per heavy atom. The SMILES string of the molecule is Cc1cccc(OC(C)C(=O)NNC(=O)c2nnn(-c3ccc(F)cc3)c2C(F)(F)F)c1C. The molecule has 2 N–H and O–H groups in total. The molecule has 0 saturated carbocycles. The van der Waals surface area contributed by atoms with Gasteiger partial charge in [0.25, 0.3) is 11.8 Å². The maximum absolute atomic E-state index is 13.6. The van der Waals surface area contributed by atoms with Crippen molar-refractivity contribution in [1.29, 1.82) is 0 Å². The average molecular weight is 465 g/mol. The van der Waals surface area contributed by atoms with Crippen LogP contribution in [0.3, 0.4) is 0 Å². The van der Waals surface area contributed by atoms with Crippen molar-refractivity contribution in [3.63, 3.8) is 0 Å². The van der Waals surface area contributed by atoms with Crippen LogP contribution < -0.4 is 15.6 Å². The normalized spacial score (nSPS) is 12.2. The van der Waals surface area contributed by atoms with Crippen molar-refractivity contribution in [3.8, 4) is 11.4 Å². The maximum atomic E-state index is 13.6. The molecule has 1 heterocycles. The summed E-state index contributed by atoms with van der Waals surface area (Å²) in [5.41, 5.74) is 2.93. The Morgan fingerprint density at radius 2 is 1.73 bits per heavy atom. The molecule has 1 atom stereocenters. The smallest absolute Gasteiger partial charge is 0.435 e. The van der Waals surface area contributed by atoms with Crippen LogP contribution >= 0.6 is 0 Å². The molecule has 12 heteroatoms. The molecule has 1 unspecified atom stereocenters. The van der Waals surface area contributed by atoms with Gasteiger partial charge in [0.15, 0.2) is 17.5 Å². The van der Waals surface area contributed by atoms with Gasteiger partial charge in [-0.1, -0.05) is 17.3 Å². The molecular weight excluding hydrogens is 446 g/mol. The average Bonchev–Trinajstić information content (AvgIpc) is 3.21. The Labute approximate surface area is 185 Å². The van der Waals surface area contributed by atoms with E-state index in [0.717, 1.165) is 35.4 Å². The standard InChI is InChI=1S/C21H19F4N5O3/c1-11-5-4-6-16(12(11)2)33-13(3)19(31)27-28-20(32)17-18(21(23,24)25)30(29-26-17)15-9-7-14(22)8-10-15/h4-10,13H,1-3H3,(H,27,31)(H,28,32). The van der Waals surface area contributed by atoms with Crippen LogP contribution in [0.2, 0.25) is 0 Å². The lowest BCUT2D eigenvalue weighted by molar-refractivity contribution is -0.143. The van der Waals surface area contributed by atoms with Gasteiger partial charge in [-0.25, -0.2) is 9.07 Å². The van der Waals surface area contributed by atoms with Crippen molar-refractivity contribution in [2.24, 2.45) is 0 Å². The molecule has 33 heavy (non-hydrogen) atoms. The summed E-state index contributed by atoms with van der Waals surface area (Å²) in [5.74, 6) is -2.36. The van der Waals surface area contributed by atoms with Gasteiger partial charge in [0, 0.05) is 0 Å². The first-order chi connectivity index (χ1) is 15.5. The Kier molecular flexibility index (Phi) is 6.65. The van der Waals surface area contributed by atoms with Crippen LogP contribution in [0.25, 0.3) is 5.69 Å². The molecule has 0 bridgehead atoms. The number of alkyl halides is 3. The number of halogens is 4. The van der Waals surface area contributed by atoms with Gasteiger partial charge in [-0.15, -0.1) is 5.10 Å². The molecule has 2 aromatic carbocycles. The molecule has 174 valence electrons. The highest BCUT2D eigenvalue weighted by molar-refractivity contribution is 5.95. The van der Waals surface area contributed by atoms with E-state index < -0.39 is 41.3 Å². The van der Waals surface area contributed by atoms with Crippen molar-refractivity contribution in [3.05, 3.63) is 70.8 Å². The van der Waals surface area contributed by atoms with Crippen molar-refractivity contribution < 1.29 is 31.9 Å². The van der Waals surface area contributed by atoms with Crippen molar-refractivity contribution in [2.45, 2.75) is 33.1 Å². The monoisotopic (exact) mass is 465 g/mol. The van der Waals surface area contributed by atoms with Gasteiger partial charge >= 0.3 is 6.18 Å². The van der Waals surface area contributed by atoms with Gasteiger partial charge in [-0.05, 0) is 62.2 Å². The number of aromatic nitrogens is 3. The van der Waals surface area contributed by atoms with Crippen LogP contribution in [-0.4, -0.2) is 32.9 Å². The number of amides is 2. The highest BCUT2D eigenvalue weighted by atomic mass is 19.4. The number of aryl methyl sites for hydroxylation is 1. The fourth-order valence-corrected chi connectivity index (χ4v) is 2.83. The molecular formula is C21H19F4N5O3. The summed E-state index contributed by atoms with van der Waals surface area (Å²) in [6.45, 7) is 5.08. The van der Waals surface area contributed by atoms with Gasteiger partial charge in [-0.2, -0.15) is 13.2 Å². The first-order valence-electron chi connectivity index (χ1n) is 9.61. The molecule has 0 aliphatic heterocycles. The first kappa shape index (κ1) is 23.7. The zero-order valence-corrected chi connectivity index (χ0v) is 17.7. The summed E-state index contributed by atoms with van der Waals surface area (Å²) in [6.07, 6.45) is -6.09.